The third-order valence-electron chi connectivity index (χ3n) is 3.59. The number of ketones is 1. The third-order valence-corrected chi connectivity index (χ3v) is 3.94. The lowest BCUT2D eigenvalue weighted by Gasteiger charge is -2.30. The first-order valence-corrected chi connectivity index (χ1v) is 6.33. The van der Waals surface area contributed by atoms with Gasteiger partial charge >= 0.3 is 0 Å². The number of carbonyl (C=O) groups is 1. The number of benzene rings is 1. The Morgan fingerprint density at radius 3 is 2.62 bits per heavy atom. The molecule has 86 valence electrons. The van der Waals surface area contributed by atoms with Gasteiger partial charge in [-0.25, -0.2) is 0 Å². The van der Waals surface area contributed by atoms with E-state index < -0.39 is 0 Å². The number of rotatable bonds is 2. The molecule has 16 heavy (non-hydrogen) atoms. The molecule has 1 aliphatic rings. The average molecular weight is 237 g/mol. The summed E-state index contributed by atoms with van der Waals surface area (Å²) >= 11 is 6.22. The topological polar surface area (TPSA) is 17.1 Å². The van der Waals surface area contributed by atoms with Crippen LogP contribution < -0.4 is 0 Å². The summed E-state index contributed by atoms with van der Waals surface area (Å²) in [5.74, 6) is 0.818. The van der Waals surface area contributed by atoms with Crippen molar-refractivity contribution in [3.8, 4) is 0 Å². The Bertz CT molecular complexity index is 386. The summed E-state index contributed by atoms with van der Waals surface area (Å²) in [5.41, 5.74) is 1.16. The molecule has 1 nitrogen and oxygen atoms in total. The van der Waals surface area contributed by atoms with Crippen LogP contribution in [-0.2, 0) is 4.79 Å². The van der Waals surface area contributed by atoms with Gasteiger partial charge in [-0.15, -0.1) is 0 Å². The van der Waals surface area contributed by atoms with Gasteiger partial charge in [0, 0.05) is 10.9 Å². The Labute approximate surface area is 102 Å². The largest absolute Gasteiger partial charge is 0.300 e. The Morgan fingerprint density at radius 2 is 1.94 bits per heavy atom. The van der Waals surface area contributed by atoms with Gasteiger partial charge in [0.25, 0.3) is 0 Å². The van der Waals surface area contributed by atoms with Crippen LogP contribution in [0.15, 0.2) is 24.3 Å². The molecule has 1 aromatic rings. The average Bonchev–Trinajstić information content (AvgIpc) is 2.29. The van der Waals surface area contributed by atoms with Crippen LogP contribution in [0.3, 0.4) is 0 Å². The minimum absolute atomic E-state index is 0.175. The van der Waals surface area contributed by atoms with Crippen molar-refractivity contribution >= 4 is 17.4 Å². The van der Waals surface area contributed by atoms with Crippen molar-refractivity contribution in [1.29, 1.82) is 0 Å². The summed E-state index contributed by atoms with van der Waals surface area (Å²) in [5, 5.41) is 0.806. The molecule has 0 radical (unpaired) electrons. The molecule has 2 atom stereocenters. The zero-order valence-corrected chi connectivity index (χ0v) is 10.3. The summed E-state index contributed by atoms with van der Waals surface area (Å²) in [6.45, 7) is 1.71. The van der Waals surface area contributed by atoms with Gasteiger partial charge in [0.05, 0.1) is 0 Å². The smallest absolute Gasteiger partial charge is 0.133 e. The zero-order valence-electron chi connectivity index (χ0n) is 9.58. The van der Waals surface area contributed by atoms with E-state index in [4.69, 9.17) is 11.6 Å². The highest BCUT2D eigenvalue weighted by Gasteiger charge is 2.30. The van der Waals surface area contributed by atoms with Gasteiger partial charge in [0.1, 0.15) is 5.78 Å². The Balaban J connectivity index is 2.30. The fourth-order valence-corrected chi connectivity index (χ4v) is 3.04. The molecule has 1 saturated carbocycles. The summed E-state index contributed by atoms with van der Waals surface area (Å²) in [7, 11) is 0. The quantitative estimate of drug-likeness (QED) is 0.752. The molecular weight excluding hydrogens is 220 g/mol. The minimum atomic E-state index is 0.175. The SMILES string of the molecule is CC(=O)C1CCCCC1c1ccccc1Cl. The summed E-state index contributed by atoms with van der Waals surface area (Å²) in [4.78, 5) is 11.7. The molecule has 1 aromatic carbocycles. The van der Waals surface area contributed by atoms with E-state index in [1.165, 1.54) is 12.8 Å². The Morgan fingerprint density at radius 1 is 1.25 bits per heavy atom. The first-order valence-electron chi connectivity index (χ1n) is 5.95. The molecule has 2 rings (SSSR count). The molecule has 0 saturated heterocycles. The van der Waals surface area contributed by atoms with E-state index in [-0.39, 0.29) is 5.92 Å². The van der Waals surface area contributed by atoms with Crippen LogP contribution in [0.25, 0.3) is 0 Å². The molecule has 1 fully saturated rings. The molecule has 1 aliphatic carbocycles. The lowest BCUT2D eigenvalue weighted by molar-refractivity contribution is -0.122. The van der Waals surface area contributed by atoms with Gasteiger partial charge in [0.15, 0.2) is 0 Å². The van der Waals surface area contributed by atoms with Crippen molar-refractivity contribution in [2.24, 2.45) is 5.92 Å². The third kappa shape index (κ3) is 2.30. The lowest BCUT2D eigenvalue weighted by Crippen LogP contribution is -2.24. The van der Waals surface area contributed by atoms with Crippen LogP contribution in [0.1, 0.15) is 44.1 Å². The number of hydrogen-bond acceptors (Lipinski definition) is 1. The zero-order chi connectivity index (χ0) is 11.5. The molecule has 2 heteroatoms. The van der Waals surface area contributed by atoms with E-state index >= 15 is 0 Å². The molecule has 0 bridgehead atoms. The molecule has 2 unspecified atom stereocenters. The van der Waals surface area contributed by atoms with Crippen LogP contribution in [0.2, 0.25) is 5.02 Å². The highest BCUT2D eigenvalue weighted by Crippen LogP contribution is 2.40. The van der Waals surface area contributed by atoms with Crippen molar-refractivity contribution in [3.05, 3.63) is 34.9 Å². The maximum absolute atomic E-state index is 11.7. The first kappa shape index (κ1) is 11.7. The molecular formula is C14H17ClO. The fourth-order valence-electron chi connectivity index (χ4n) is 2.77. The minimum Gasteiger partial charge on any atom is -0.300 e. The second-order valence-corrected chi connectivity index (χ2v) is 5.04. The normalized spacial score (nSPS) is 25.4. The van der Waals surface area contributed by atoms with Crippen molar-refractivity contribution in [2.75, 3.05) is 0 Å². The summed E-state index contributed by atoms with van der Waals surface area (Å²) in [6.07, 6.45) is 4.49. The van der Waals surface area contributed by atoms with Crippen LogP contribution >= 0.6 is 11.6 Å². The molecule has 0 amide bonds. The Hall–Kier alpha value is -0.820. The highest BCUT2D eigenvalue weighted by molar-refractivity contribution is 6.31. The van der Waals surface area contributed by atoms with E-state index in [1.807, 2.05) is 18.2 Å². The van der Waals surface area contributed by atoms with Crippen molar-refractivity contribution < 1.29 is 4.79 Å². The second-order valence-electron chi connectivity index (χ2n) is 4.63. The molecule has 0 spiro atoms. The van der Waals surface area contributed by atoms with Crippen LogP contribution in [-0.4, -0.2) is 5.78 Å². The molecule has 0 aliphatic heterocycles. The van der Waals surface area contributed by atoms with E-state index in [9.17, 15) is 4.79 Å². The number of Topliss-reactive ketones (excluding diaryl/α,β-unsaturated/α-hetero) is 1. The molecule has 0 N–H and O–H groups in total. The van der Waals surface area contributed by atoms with Crippen LogP contribution in [0, 0.1) is 5.92 Å². The lowest BCUT2D eigenvalue weighted by atomic mass is 9.74. The van der Waals surface area contributed by atoms with Gasteiger partial charge in [-0.3, -0.25) is 4.79 Å². The van der Waals surface area contributed by atoms with Crippen molar-refractivity contribution in [2.45, 2.75) is 38.5 Å². The van der Waals surface area contributed by atoms with Gasteiger partial charge < -0.3 is 0 Å². The summed E-state index contributed by atoms with van der Waals surface area (Å²) in [6, 6.07) is 7.93. The fraction of sp³-hybridized carbons (Fsp3) is 0.500. The van der Waals surface area contributed by atoms with E-state index in [0.717, 1.165) is 23.4 Å². The van der Waals surface area contributed by atoms with Gasteiger partial charge in [-0.05, 0) is 37.3 Å². The molecule has 0 aromatic heterocycles. The maximum atomic E-state index is 11.7. The van der Waals surface area contributed by atoms with E-state index in [0.29, 0.717) is 11.7 Å². The van der Waals surface area contributed by atoms with Crippen LogP contribution in [0.4, 0.5) is 0 Å². The van der Waals surface area contributed by atoms with Crippen molar-refractivity contribution in [1.82, 2.24) is 0 Å². The van der Waals surface area contributed by atoms with Crippen LogP contribution in [0.5, 0.6) is 0 Å². The Kier molecular flexibility index (Phi) is 3.65. The first-order chi connectivity index (χ1) is 7.70. The standard InChI is InChI=1S/C14H17ClO/c1-10(16)11-6-2-3-7-12(11)13-8-4-5-9-14(13)15/h4-5,8-9,11-12H,2-3,6-7H2,1H3. The van der Waals surface area contributed by atoms with Gasteiger partial charge in [-0.2, -0.15) is 0 Å². The molecule has 0 heterocycles. The highest BCUT2D eigenvalue weighted by atomic mass is 35.5. The predicted octanol–water partition coefficient (Wildman–Crippen LogP) is 4.20. The number of carbonyl (C=O) groups excluding carboxylic acids is 1. The summed E-state index contributed by atoms with van der Waals surface area (Å²) < 4.78 is 0. The van der Waals surface area contributed by atoms with E-state index in [2.05, 4.69) is 6.07 Å². The maximum Gasteiger partial charge on any atom is 0.133 e. The second kappa shape index (κ2) is 5.01. The van der Waals surface area contributed by atoms with Gasteiger partial charge in [0.2, 0.25) is 0 Å². The van der Waals surface area contributed by atoms with Crippen molar-refractivity contribution in [3.63, 3.8) is 0 Å². The number of halogens is 1. The monoisotopic (exact) mass is 236 g/mol. The predicted molar refractivity (Wildman–Crippen MR) is 66.8 cm³/mol. The van der Waals surface area contributed by atoms with E-state index in [1.54, 1.807) is 6.92 Å². The number of hydrogen-bond donors (Lipinski definition) is 0. The van der Waals surface area contributed by atoms with Gasteiger partial charge in [-0.1, -0.05) is 42.6 Å².